The predicted octanol–water partition coefficient (Wildman–Crippen LogP) is 1.58. The van der Waals surface area contributed by atoms with Gasteiger partial charge >= 0.3 is 6.03 Å². The normalized spacial score (nSPS) is 17.5. The summed E-state index contributed by atoms with van der Waals surface area (Å²) < 4.78 is 0.315. The van der Waals surface area contributed by atoms with Crippen LogP contribution in [0, 0.1) is 0 Å². The van der Waals surface area contributed by atoms with E-state index in [2.05, 4.69) is 10.6 Å². The van der Waals surface area contributed by atoms with Gasteiger partial charge in [-0.1, -0.05) is 41.9 Å². The summed E-state index contributed by atoms with van der Waals surface area (Å²) in [7, 11) is 0. The summed E-state index contributed by atoms with van der Waals surface area (Å²) in [6.07, 6.45) is 5.67. The molecule has 0 aromatic heterocycles. The molecule has 4 nitrogen and oxygen atoms in total. The van der Waals surface area contributed by atoms with Crippen LogP contribution in [0.3, 0.4) is 0 Å². The van der Waals surface area contributed by atoms with E-state index in [9.17, 15) is 9.59 Å². The van der Waals surface area contributed by atoms with Crippen molar-refractivity contribution >= 4 is 34.5 Å². The maximum Gasteiger partial charge on any atom is 0.321 e. The summed E-state index contributed by atoms with van der Waals surface area (Å²) in [5, 5.41) is 5.09. The molecule has 80 valence electrons. The Kier molecular flexibility index (Phi) is 5.21. The number of amides is 3. The van der Waals surface area contributed by atoms with Crippen LogP contribution in [0.2, 0.25) is 0 Å². The standard InChI is InChI=1S/C9H15IN2O2/c10-6-8(13)12-9(14)11-7-4-2-1-3-5-7/h7H,1-6H2,(H2,11,12,13,14). The van der Waals surface area contributed by atoms with Gasteiger partial charge in [-0.05, 0) is 12.8 Å². The maximum absolute atomic E-state index is 11.2. The molecule has 2 N–H and O–H groups in total. The van der Waals surface area contributed by atoms with Crippen LogP contribution in [0.4, 0.5) is 4.79 Å². The van der Waals surface area contributed by atoms with Crippen molar-refractivity contribution in [2.45, 2.75) is 38.1 Å². The van der Waals surface area contributed by atoms with Crippen molar-refractivity contribution in [1.82, 2.24) is 10.6 Å². The molecule has 0 aromatic carbocycles. The molecular formula is C9H15IN2O2. The van der Waals surface area contributed by atoms with E-state index in [0.29, 0.717) is 4.43 Å². The van der Waals surface area contributed by atoms with Gasteiger partial charge in [-0.3, -0.25) is 10.1 Å². The molecule has 0 atom stereocenters. The van der Waals surface area contributed by atoms with Gasteiger partial charge in [-0.25, -0.2) is 4.79 Å². The Balaban J connectivity index is 2.21. The summed E-state index contributed by atoms with van der Waals surface area (Å²) in [4.78, 5) is 22.1. The molecule has 0 aliphatic heterocycles. The number of rotatable bonds is 2. The number of urea groups is 1. The van der Waals surface area contributed by atoms with Gasteiger partial charge < -0.3 is 5.32 Å². The summed E-state index contributed by atoms with van der Waals surface area (Å²) in [6, 6.07) is -0.0932. The fourth-order valence-corrected chi connectivity index (χ4v) is 1.82. The Morgan fingerprint density at radius 3 is 2.43 bits per heavy atom. The van der Waals surface area contributed by atoms with Crippen molar-refractivity contribution in [3.8, 4) is 0 Å². The summed E-state index contributed by atoms with van der Waals surface area (Å²) in [5.74, 6) is -0.237. The van der Waals surface area contributed by atoms with Crippen LogP contribution in [0.5, 0.6) is 0 Å². The van der Waals surface area contributed by atoms with Gasteiger partial charge in [0.15, 0.2) is 0 Å². The molecule has 1 aliphatic rings. The van der Waals surface area contributed by atoms with Crippen LogP contribution in [-0.4, -0.2) is 22.4 Å². The number of hydrogen-bond acceptors (Lipinski definition) is 2. The van der Waals surface area contributed by atoms with Crippen molar-refractivity contribution in [3.63, 3.8) is 0 Å². The van der Waals surface area contributed by atoms with Gasteiger partial charge in [-0.15, -0.1) is 0 Å². The van der Waals surface area contributed by atoms with Gasteiger partial charge in [0.25, 0.3) is 0 Å². The first-order valence-electron chi connectivity index (χ1n) is 4.88. The first-order valence-corrected chi connectivity index (χ1v) is 6.41. The molecule has 0 bridgehead atoms. The highest BCUT2D eigenvalue weighted by Crippen LogP contribution is 2.16. The number of carbonyl (C=O) groups is 2. The quantitative estimate of drug-likeness (QED) is 0.601. The molecule has 1 aliphatic carbocycles. The van der Waals surface area contributed by atoms with E-state index in [1.807, 2.05) is 22.6 Å². The Morgan fingerprint density at radius 2 is 1.86 bits per heavy atom. The number of halogens is 1. The monoisotopic (exact) mass is 310 g/mol. The molecule has 0 spiro atoms. The van der Waals surface area contributed by atoms with Gasteiger partial charge in [-0.2, -0.15) is 0 Å². The summed E-state index contributed by atoms with van der Waals surface area (Å²) in [5.41, 5.74) is 0. The Hall–Kier alpha value is -0.330. The van der Waals surface area contributed by atoms with Crippen molar-refractivity contribution in [1.29, 1.82) is 0 Å². The summed E-state index contributed by atoms with van der Waals surface area (Å²) in [6.45, 7) is 0. The molecule has 1 fully saturated rings. The Bertz CT molecular complexity index is 215. The molecule has 0 aromatic rings. The van der Waals surface area contributed by atoms with Crippen LogP contribution < -0.4 is 10.6 Å². The van der Waals surface area contributed by atoms with E-state index in [4.69, 9.17) is 0 Å². The smallest absolute Gasteiger partial charge is 0.321 e. The van der Waals surface area contributed by atoms with E-state index < -0.39 is 0 Å². The summed E-state index contributed by atoms with van der Waals surface area (Å²) >= 11 is 1.93. The SMILES string of the molecule is O=C(CI)NC(=O)NC1CCCCC1. The zero-order chi connectivity index (χ0) is 10.4. The second kappa shape index (κ2) is 6.21. The van der Waals surface area contributed by atoms with Crippen molar-refractivity contribution in [3.05, 3.63) is 0 Å². The molecule has 0 heterocycles. The van der Waals surface area contributed by atoms with E-state index in [1.54, 1.807) is 0 Å². The highest BCUT2D eigenvalue weighted by atomic mass is 127. The molecule has 0 saturated heterocycles. The van der Waals surface area contributed by atoms with Crippen LogP contribution in [0.25, 0.3) is 0 Å². The largest absolute Gasteiger partial charge is 0.335 e. The minimum atomic E-state index is -0.349. The van der Waals surface area contributed by atoms with E-state index in [0.717, 1.165) is 12.8 Å². The third-order valence-electron chi connectivity index (χ3n) is 2.31. The van der Waals surface area contributed by atoms with E-state index in [1.165, 1.54) is 19.3 Å². The number of nitrogens with one attached hydrogen (secondary N) is 2. The molecule has 1 rings (SSSR count). The van der Waals surface area contributed by atoms with Crippen molar-refractivity contribution in [2.75, 3.05) is 4.43 Å². The van der Waals surface area contributed by atoms with Crippen molar-refractivity contribution < 1.29 is 9.59 Å². The minimum Gasteiger partial charge on any atom is -0.335 e. The van der Waals surface area contributed by atoms with Gasteiger partial charge in [0.1, 0.15) is 0 Å². The molecular weight excluding hydrogens is 295 g/mol. The Morgan fingerprint density at radius 1 is 1.21 bits per heavy atom. The maximum atomic E-state index is 11.2. The highest BCUT2D eigenvalue weighted by Gasteiger charge is 2.16. The number of carbonyl (C=O) groups excluding carboxylic acids is 2. The fraction of sp³-hybridized carbons (Fsp3) is 0.778. The second-order valence-electron chi connectivity index (χ2n) is 3.49. The number of hydrogen-bond donors (Lipinski definition) is 2. The average molecular weight is 310 g/mol. The van der Waals surface area contributed by atoms with Gasteiger partial charge in [0.05, 0.1) is 4.43 Å². The second-order valence-corrected chi connectivity index (χ2v) is 4.25. The van der Waals surface area contributed by atoms with E-state index >= 15 is 0 Å². The fourth-order valence-electron chi connectivity index (χ4n) is 1.63. The zero-order valence-corrected chi connectivity index (χ0v) is 10.2. The lowest BCUT2D eigenvalue weighted by Crippen LogP contribution is -2.45. The number of alkyl halides is 1. The molecule has 1 saturated carbocycles. The topological polar surface area (TPSA) is 58.2 Å². The average Bonchev–Trinajstić information content (AvgIpc) is 2.19. The van der Waals surface area contributed by atoms with Gasteiger partial charge in [0.2, 0.25) is 5.91 Å². The molecule has 5 heteroatoms. The zero-order valence-electron chi connectivity index (χ0n) is 8.01. The third kappa shape index (κ3) is 4.26. The lowest BCUT2D eigenvalue weighted by atomic mass is 9.96. The van der Waals surface area contributed by atoms with Crippen molar-refractivity contribution in [2.24, 2.45) is 0 Å². The molecule has 3 amide bonds. The van der Waals surface area contributed by atoms with Crippen LogP contribution in [-0.2, 0) is 4.79 Å². The van der Waals surface area contributed by atoms with Crippen LogP contribution in [0.15, 0.2) is 0 Å². The third-order valence-corrected chi connectivity index (χ3v) is 3.01. The van der Waals surface area contributed by atoms with Crippen LogP contribution in [0.1, 0.15) is 32.1 Å². The lowest BCUT2D eigenvalue weighted by molar-refractivity contribution is -0.117. The lowest BCUT2D eigenvalue weighted by Gasteiger charge is -2.22. The molecule has 14 heavy (non-hydrogen) atoms. The minimum absolute atomic E-state index is 0.237. The highest BCUT2D eigenvalue weighted by molar-refractivity contribution is 14.1. The number of imide groups is 1. The van der Waals surface area contributed by atoms with E-state index in [-0.39, 0.29) is 18.0 Å². The molecule has 0 unspecified atom stereocenters. The molecule has 0 radical (unpaired) electrons. The van der Waals surface area contributed by atoms with Gasteiger partial charge in [0, 0.05) is 6.04 Å². The first-order chi connectivity index (χ1) is 6.72. The first kappa shape index (κ1) is 11.7. The Labute approximate surface area is 97.3 Å². The predicted molar refractivity (Wildman–Crippen MR) is 62.4 cm³/mol. The van der Waals surface area contributed by atoms with Crippen LogP contribution >= 0.6 is 22.6 Å².